The second kappa shape index (κ2) is 7.12. The van der Waals surface area contributed by atoms with E-state index in [9.17, 15) is 0 Å². The van der Waals surface area contributed by atoms with Gasteiger partial charge in [0, 0.05) is 20.8 Å². The summed E-state index contributed by atoms with van der Waals surface area (Å²) in [6.45, 7) is 11.6. The first-order chi connectivity index (χ1) is 9.79. The third kappa shape index (κ3) is 4.54. The van der Waals surface area contributed by atoms with E-state index in [1.807, 2.05) is 11.3 Å². The highest BCUT2D eigenvalue weighted by molar-refractivity contribution is 9.10. The minimum absolute atomic E-state index is 0.168. The molecule has 0 radical (unpaired) electrons. The molecule has 1 aromatic rings. The number of thiophene rings is 1. The van der Waals surface area contributed by atoms with Crippen LogP contribution in [-0.2, 0) is 0 Å². The number of nitrogens with two attached hydrogens (primary N) is 1. The van der Waals surface area contributed by atoms with Crippen LogP contribution in [0.3, 0.4) is 0 Å². The van der Waals surface area contributed by atoms with E-state index in [1.54, 1.807) is 0 Å². The molecule has 1 aliphatic heterocycles. The van der Waals surface area contributed by atoms with Crippen LogP contribution in [0, 0.1) is 11.3 Å². The van der Waals surface area contributed by atoms with Crippen LogP contribution in [0.1, 0.15) is 57.9 Å². The van der Waals surface area contributed by atoms with Gasteiger partial charge in [0.15, 0.2) is 0 Å². The Bertz CT molecular complexity index is 450. The van der Waals surface area contributed by atoms with Crippen molar-refractivity contribution < 1.29 is 0 Å². The summed E-state index contributed by atoms with van der Waals surface area (Å²) in [4.78, 5) is 4.01. The molecule has 0 aromatic carbocycles. The van der Waals surface area contributed by atoms with Crippen molar-refractivity contribution >= 4 is 27.3 Å². The van der Waals surface area contributed by atoms with Gasteiger partial charge < -0.3 is 5.73 Å². The molecule has 2 N–H and O–H groups in total. The second-order valence-electron chi connectivity index (χ2n) is 7.50. The van der Waals surface area contributed by atoms with Crippen LogP contribution in [0.15, 0.2) is 15.9 Å². The van der Waals surface area contributed by atoms with Crippen molar-refractivity contribution in [1.82, 2.24) is 4.90 Å². The smallest absolute Gasteiger partial charge is 0.0591 e. The zero-order chi connectivity index (χ0) is 15.6. The minimum atomic E-state index is 0.168. The van der Waals surface area contributed by atoms with Crippen LogP contribution in [0.2, 0.25) is 0 Å². The van der Waals surface area contributed by atoms with Gasteiger partial charge in [-0.25, -0.2) is 0 Å². The van der Waals surface area contributed by atoms with Gasteiger partial charge in [0.1, 0.15) is 0 Å². The summed E-state index contributed by atoms with van der Waals surface area (Å²) in [5.41, 5.74) is 6.75. The van der Waals surface area contributed by atoms with E-state index in [-0.39, 0.29) is 6.04 Å². The minimum Gasteiger partial charge on any atom is -0.326 e. The van der Waals surface area contributed by atoms with Crippen LogP contribution in [-0.4, -0.2) is 24.0 Å². The molecule has 21 heavy (non-hydrogen) atoms. The van der Waals surface area contributed by atoms with E-state index in [4.69, 9.17) is 5.73 Å². The van der Waals surface area contributed by atoms with Crippen molar-refractivity contribution in [2.24, 2.45) is 17.1 Å². The van der Waals surface area contributed by atoms with Gasteiger partial charge in [-0.15, -0.1) is 11.3 Å². The number of rotatable bonds is 3. The fourth-order valence-corrected chi connectivity index (χ4v) is 5.21. The van der Waals surface area contributed by atoms with E-state index >= 15 is 0 Å². The standard InChI is InChI=1S/C17H29BrN2S/c1-12(19)16(15-10-14(18)11-21-15)20-8-5-6-13(7-9-20)17(2,3)4/h10-13,16H,5-9,19H2,1-4H3. The average molecular weight is 373 g/mol. The van der Waals surface area contributed by atoms with Gasteiger partial charge in [-0.3, -0.25) is 4.90 Å². The number of hydrogen-bond acceptors (Lipinski definition) is 3. The Kier molecular flexibility index (Phi) is 5.91. The Hall–Kier alpha value is 0.1000. The van der Waals surface area contributed by atoms with Gasteiger partial charge in [0.25, 0.3) is 0 Å². The Morgan fingerprint density at radius 1 is 1.33 bits per heavy atom. The second-order valence-corrected chi connectivity index (χ2v) is 9.36. The highest BCUT2D eigenvalue weighted by Crippen LogP contribution is 2.37. The van der Waals surface area contributed by atoms with Crippen molar-refractivity contribution in [1.29, 1.82) is 0 Å². The van der Waals surface area contributed by atoms with Crippen molar-refractivity contribution in [2.75, 3.05) is 13.1 Å². The summed E-state index contributed by atoms with van der Waals surface area (Å²) in [5, 5.41) is 2.17. The summed E-state index contributed by atoms with van der Waals surface area (Å²) in [6, 6.07) is 2.77. The summed E-state index contributed by atoms with van der Waals surface area (Å²) in [5.74, 6) is 0.825. The van der Waals surface area contributed by atoms with Crippen LogP contribution in [0.25, 0.3) is 0 Å². The molecular formula is C17H29BrN2S. The molecule has 0 amide bonds. The average Bonchev–Trinajstić information content (AvgIpc) is 2.62. The molecule has 1 fully saturated rings. The third-order valence-electron chi connectivity index (χ3n) is 4.76. The fraction of sp³-hybridized carbons (Fsp3) is 0.765. The summed E-state index contributed by atoms with van der Waals surface area (Å²) in [6.07, 6.45) is 3.93. The Morgan fingerprint density at radius 2 is 2.05 bits per heavy atom. The highest BCUT2D eigenvalue weighted by atomic mass is 79.9. The van der Waals surface area contributed by atoms with E-state index < -0.39 is 0 Å². The maximum Gasteiger partial charge on any atom is 0.0591 e. The number of halogens is 1. The van der Waals surface area contributed by atoms with Gasteiger partial charge in [-0.1, -0.05) is 20.8 Å². The molecule has 1 aliphatic rings. The first-order valence-electron chi connectivity index (χ1n) is 8.02. The zero-order valence-corrected chi connectivity index (χ0v) is 16.1. The molecule has 2 heterocycles. The lowest BCUT2D eigenvalue weighted by atomic mass is 9.77. The number of nitrogens with zero attached hydrogens (tertiary/aromatic N) is 1. The van der Waals surface area contributed by atoms with Crippen LogP contribution < -0.4 is 5.73 Å². The zero-order valence-electron chi connectivity index (χ0n) is 13.7. The summed E-state index contributed by atoms with van der Waals surface area (Å²) in [7, 11) is 0. The maximum absolute atomic E-state index is 6.33. The lowest BCUT2D eigenvalue weighted by Gasteiger charge is -2.33. The van der Waals surface area contributed by atoms with E-state index in [0.29, 0.717) is 11.5 Å². The Balaban J connectivity index is 2.11. The Morgan fingerprint density at radius 3 is 2.57 bits per heavy atom. The van der Waals surface area contributed by atoms with Gasteiger partial charge in [-0.05, 0) is 72.6 Å². The van der Waals surface area contributed by atoms with Gasteiger partial charge >= 0.3 is 0 Å². The lowest BCUT2D eigenvalue weighted by Crippen LogP contribution is -2.39. The van der Waals surface area contributed by atoms with Crippen LogP contribution >= 0.6 is 27.3 Å². The highest BCUT2D eigenvalue weighted by Gasteiger charge is 2.31. The first-order valence-corrected chi connectivity index (χ1v) is 9.70. The SMILES string of the molecule is CC(N)C(c1cc(Br)cs1)N1CCCC(C(C)(C)C)CC1. The first kappa shape index (κ1) is 17.5. The molecular weight excluding hydrogens is 344 g/mol. The van der Waals surface area contributed by atoms with E-state index in [2.05, 4.69) is 60.0 Å². The van der Waals surface area contributed by atoms with Crippen LogP contribution in [0.5, 0.6) is 0 Å². The molecule has 4 heteroatoms. The van der Waals surface area contributed by atoms with Crippen molar-refractivity contribution in [2.45, 2.75) is 59.0 Å². The molecule has 3 unspecified atom stereocenters. The largest absolute Gasteiger partial charge is 0.326 e. The summed E-state index contributed by atoms with van der Waals surface area (Å²) >= 11 is 5.40. The molecule has 120 valence electrons. The van der Waals surface area contributed by atoms with Crippen molar-refractivity contribution in [3.8, 4) is 0 Å². The normalized spacial score (nSPS) is 24.6. The number of hydrogen-bond donors (Lipinski definition) is 1. The van der Waals surface area contributed by atoms with Gasteiger partial charge in [-0.2, -0.15) is 0 Å². The molecule has 0 aliphatic carbocycles. The summed E-state index contributed by atoms with van der Waals surface area (Å²) < 4.78 is 1.18. The molecule has 0 spiro atoms. The predicted octanol–water partition coefficient (Wildman–Crippen LogP) is 5.05. The van der Waals surface area contributed by atoms with Crippen LogP contribution in [0.4, 0.5) is 0 Å². The maximum atomic E-state index is 6.33. The predicted molar refractivity (Wildman–Crippen MR) is 96.8 cm³/mol. The molecule has 0 bridgehead atoms. The van der Waals surface area contributed by atoms with Gasteiger partial charge in [0.05, 0.1) is 6.04 Å². The topological polar surface area (TPSA) is 29.3 Å². The fourth-order valence-electron chi connectivity index (χ4n) is 3.52. The Labute approximate surface area is 142 Å². The molecule has 0 saturated carbocycles. The van der Waals surface area contributed by atoms with E-state index in [1.165, 1.54) is 41.7 Å². The lowest BCUT2D eigenvalue weighted by molar-refractivity contribution is 0.170. The molecule has 1 saturated heterocycles. The molecule has 1 aromatic heterocycles. The van der Waals surface area contributed by atoms with Gasteiger partial charge in [0.2, 0.25) is 0 Å². The molecule has 3 atom stereocenters. The third-order valence-corrected chi connectivity index (χ3v) is 6.52. The molecule has 2 nitrogen and oxygen atoms in total. The van der Waals surface area contributed by atoms with E-state index in [0.717, 1.165) is 5.92 Å². The van der Waals surface area contributed by atoms with Crippen molar-refractivity contribution in [3.63, 3.8) is 0 Å². The molecule has 2 rings (SSSR count). The van der Waals surface area contributed by atoms with Crippen molar-refractivity contribution in [3.05, 3.63) is 20.8 Å². The monoisotopic (exact) mass is 372 g/mol. The quantitative estimate of drug-likeness (QED) is 0.804. The number of likely N-dealkylation sites (tertiary alicyclic amines) is 1.